The first-order chi connectivity index (χ1) is 6.97. The minimum absolute atomic E-state index is 0.648. The summed E-state index contributed by atoms with van der Waals surface area (Å²) in [5.74, 6) is 0. The predicted octanol–water partition coefficient (Wildman–Crippen LogP) is 1.53. The van der Waals surface area contributed by atoms with Crippen LogP contribution in [-0.4, -0.2) is 16.3 Å². The molecule has 3 nitrogen and oxygen atoms in total. The van der Waals surface area contributed by atoms with Crippen LogP contribution in [0.25, 0.3) is 0 Å². The molecule has 0 aromatic heterocycles. The third kappa shape index (κ3) is 2.35. The van der Waals surface area contributed by atoms with Gasteiger partial charge in [0.15, 0.2) is 6.10 Å². The highest BCUT2D eigenvalue weighted by Gasteiger charge is 2.21. The summed E-state index contributed by atoms with van der Waals surface area (Å²) in [5.41, 5.74) is 3.55. The van der Waals surface area contributed by atoms with Crippen molar-refractivity contribution in [3.05, 3.63) is 34.4 Å². The molecule has 0 saturated heterocycles. The molecule has 2 N–H and O–H groups in total. The summed E-state index contributed by atoms with van der Waals surface area (Å²) in [6.07, 6.45) is -2.50. The Morgan fingerprint density at radius 3 is 2.00 bits per heavy atom. The smallest absolute Gasteiger partial charge is 0.170 e. The van der Waals surface area contributed by atoms with Crippen LogP contribution in [0, 0.1) is 32.1 Å². The Morgan fingerprint density at radius 1 is 1.13 bits per heavy atom. The number of aliphatic hydroxyl groups is 2. The average Bonchev–Trinajstić information content (AvgIpc) is 2.14. The summed E-state index contributed by atoms with van der Waals surface area (Å²) in [6.45, 7) is 5.70. The molecule has 0 amide bonds. The van der Waals surface area contributed by atoms with E-state index in [2.05, 4.69) is 0 Å². The summed E-state index contributed by atoms with van der Waals surface area (Å²) in [5, 5.41) is 27.6. The fraction of sp³-hybridized carbons (Fsp3) is 0.417. The van der Waals surface area contributed by atoms with Crippen LogP contribution < -0.4 is 0 Å². The van der Waals surface area contributed by atoms with Gasteiger partial charge in [0, 0.05) is 0 Å². The van der Waals surface area contributed by atoms with E-state index in [9.17, 15) is 10.2 Å². The van der Waals surface area contributed by atoms with Crippen molar-refractivity contribution in [2.75, 3.05) is 0 Å². The van der Waals surface area contributed by atoms with Crippen molar-refractivity contribution in [1.29, 1.82) is 5.26 Å². The molecule has 2 unspecified atom stereocenters. The lowest BCUT2D eigenvalue weighted by Gasteiger charge is -2.18. The van der Waals surface area contributed by atoms with E-state index >= 15 is 0 Å². The Hall–Kier alpha value is -1.37. The molecule has 0 aliphatic rings. The molecule has 0 heterocycles. The summed E-state index contributed by atoms with van der Waals surface area (Å²) in [4.78, 5) is 0. The molecule has 3 heteroatoms. The van der Waals surface area contributed by atoms with Gasteiger partial charge >= 0.3 is 0 Å². The number of nitrogens with zero attached hydrogens (tertiary/aromatic N) is 1. The fourth-order valence-corrected chi connectivity index (χ4v) is 1.89. The van der Waals surface area contributed by atoms with E-state index in [0.29, 0.717) is 5.56 Å². The SMILES string of the molecule is Cc1cc(C)c(C(O)C(O)C#N)c(C)c1. The zero-order valence-electron chi connectivity index (χ0n) is 9.15. The maximum absolute atomic E-state index is 9.77. The zero-order chi connectivity index (χ0) is 11.6. The van der Waals surface area contributed by atoms with Gasteiger partial charge in [0.2, 0.25) is 0 Å². The van der Waals surface area contributed by atoms with Crippen molar-refractivity contribution >= 4 is 0 Å². The number of aryl methyl sites for hydroxylation is 3. The lowest BCUT2D eigenvalue weighted by molar-refractivity contribution is 0.0519. The first kappa shape index (κ1) is 11.7. The minimum atomic E-state index is -1.37. The number of hydrogen-bond donors (Lipinski definition) is 2. The summed E-state index contributed by atoms with van der Waals surface area (Å²) < 4.78 is 0. The summed E-state index contributed by atoms with van der Waals surface area (Å²) in [6, 6.07) is 5.49. The van der Waals surface area contributed by atoms with Gasteiger partial charge in [-0.25, -0.2) is 0 Å². The van der Waals surface area contributed by atoms with Crippen LogP contribution in [-0.2, 0) is 0 Å². The molecule has 0 fully saturated rings. The molecule has 0 radical (unpaired) electrons. The van der Waals surface area contributed by atoms with Crippen LogP contribution in [0.1, 0.15) is 28.4 Å². The van der Waals surface area contributed by atoms with Crippen molar-refractivity contribution in [3.8, 4) is 6.07 Å². The largest absolute Gasteiger partial charge is 0.385 e. The van der Waals surface area contributed by atoms with Gasteiger partial charge in [-0.15, -0.1) is 0 Å². The Balaban J connectivity index is 3.21. The zero-order valence-corrected chi connectivity index (χ0v) is 9.15. The van der Waals surface area contributed by atoms with Gasteiger partial charge < -0.3 is 10.2 Å². The minimum Gasteiger partial charge on any atom is -0.385 e. The van der Waals surface area contributed by atoms with Gasteiger partial charge in [0.05, 0.1) is 6.07 Å². The molecule has 0 bridgehead atoms. The molecule has 15 heavy (non-hydrogen) atoms. The highest BCUT2D eigenvalue weighted by atomic mass is 16.3. The first-order valence-corrected chi connectivity index (χ1v) is 4.81. The number of rotatable bonds is 2. The molecule has 80 valence electrons. The lowest BCUT2D eigenvalue weighted by Crippen LogP contribution is -2.18. The van der Waals surface area contributed by atoms with Crippen LogP contribution >= 0.6 is 0 Å². The Morgan fingerprint density at radius 2 is 1.60 bits per heavy atom. The number of aliphatic hydroxyl groups excluding tert-OH is 2. The Bertz CT molecular complexity index is 384. The third-order valence-electron chi connectivity index (χ3n) is 2.47. The first-order valence-electron chi connectivity index (χ1n) is 4.81. The second-order valence-electron chi connectivity index (χ2n) is 3.83. The van der Waals surface area contributed by atoms with Crippen molar-refractivity contribution in [2.24, 2.45) is 0 Å². The Labute approximate surface area is 89.6 Å². The second kappa shape index (κ2) is 4.43. The van der Waals surface area contributed by atoms with Gasteiger partial charge in [-0.05, 0) is 37.5 Å². The van der Waals surface area contributed by atoms with Crippen molar-refractivity contribution < 1.29 is 10.2 Å². The normalized spacial score (nSPS) is 14.4. The second-order valence-corrected chi connectivity index (χ2v) is 3.83. The van der Waals surface area contributed by atoms with Crippen molar-refractivity contribution in [2.45, 2.75) is 33.0 Å². The van der Waals surface area contributed by atoms with Gasteiger partial charge in [-0.2, -0.15) is 5.26 Å². The monoisotopic (exact) mass is 205 g/mol. The molecule has 1 aromatic carbocycles. The van der Waals surface area contributed by atoms with Gasteiger partial charge in [-0.3, -0.25) is 0 Å². The molecular weight excluding hydrogens is 190 g/mol. The molecule has 0 aliphatic heterocycles. The molecule has 1 aromatic rings. The summed E-state index contributed by atoms with van der Waals surface area (Å²) in [7, 11) is 0. The van der Waals surface area contributed by atoms with E-state index in [0.717, 1.165) is 16.7 Å². The van der Waals surface area contributed by atoms with Crippen LogP contribution in [0.3, 0.4) is 0 Å². The summed E-state index contributed by atoms with van der Waals surface area (Å²) >= 11 is 0. The van der Waals surface area contributed by atoms with Crippen LogP contribution in [0.4, 0.5) is 0 Å². The van der Waals surface area contributed by atoms with E-state index in [-0.39, 0.29) is 0 Å². The maximum atomic E-state index is 9.77. The quantitative estimate of drug-likeness (QED) is 0.720. The predicted molar refractivity (Wildman–Crippen MR) is 57.2 cm³/mol. The number of hydrogen-bond acceptors (Lipinski definition) is 3. The van der Waals surface area contributed by atoms with E-state index in [1.807, 2.05) is 32.9 Å². The highest BCUT2D eigenvalue weighted by Crippen LogP contribution is 2.25. The molecular formula is C12H15NO2. The Kier molecular flexibility index (Phi) is 3.46. The van der Waals surface area contributed by atoms with Gasteiger partial charge in [0.25, 0.3) is 0 Å². The van der Waals surface area contributed by atoms with E-state index < -0.39 is 12.2 Å². The average molecular weight is 205 g/mol. The number of nitriles is 1. The van der Waals surface area contributed by atoms with Crippen LogP contribution in [0.15, 0.2) is 12.1 Å². The molecule has 1 rings (SSSR count). The highest BCUT2D eigenvalue weighted by molar-refractivity contribution is 5.39. The van der Waals surface area contributed by atoms with Gasteiger partial charge in [0.1, 0.15) is 6.10 Å². The van der Waals surface area contributed by atoms with E-state index in [4.69, 9.17) is 5.26 Å². The van der Waals surface area contributed by atoms with Crippen LogP contribution in [0.2, 0.25) is 0 Å². The molecule has 0 aliphatic carbocycles. The standard InChI is InChI=1S/C12H15NO2/c1-7-4-8(2)11(9(3)5-7)12(15)10(14)6-13/h4-5,10,12,14-15H,1-3H3. The van der Waals surface area contributed by atoms with Crippen molar-refractivity contribution in [3.63, 3.8) is 0 Å². The maximum Gasteiger partial charge on any atom is 0.170 e. The topological polar surface area (TPSA) is 64.2 Å². The number of benzene rings is 1. The molecule has 0 saturated carbocycles. The van der Waals surface area contributed by atoms with Crippen LogP contribution in [0.5, 0.6) is 0 Å². The molecule has 0 spiro atoms. The van der Waals surface area contributed by atoms with E-state index in [1.54, 1.807) is 6.07 Å². The lowest BCUT2D eigenvalue weighted by atomic mass is 9.93. The molecule has 2 atom stereocenters. The third-order valence-corrected chi connectivity index (χ3v) is 2.47. The van der Waals surface area contributed by atoms with Crippen molar-refractivity contribution in [1.82, 2.24) is 0 Å². The fourth-order valence-electron chi connectivity index (χ4n) is 1.89. The van der Waals surface area contributed by atoms with Gasteiger partial charge in [-0.1, -0.05) is 17.7 Å². The van der Waals surface area contributed by atoms with E-state index in [1.165, 1.54) is 0 Å².